The van der Waals surface area contributed by atoms with Crippen LogP contribution in [-0.2, 0) is 71.3 Å². The second-order valence-corrected chi connectivity index (χ2v) is 25.1. The van der Waals surface area contributed by atoms with E-state index in [-0.39, 0.29) is 5.56 Å². The molecule has 7 rings (SSSR count). The molecule has 1 aromatic rings. The maximum atomic E-state index is 13.9. The van der Waals surface area contributed by atoms with Crippen LogP contribution in [0.2, 0.25) is 0 Å². The number of ether oxygens (including phenoxy) is 12. The predicted octanol–water partition coefficient (Wildman–Crippen LogP) is -7.37. The van der Waals surface area contributed by atoms with Gasteiger partial charge in [0.25, 0.3) is 5.91 Å². The van der Waals surface area contributed by atoms with Crippen LogP contribution < -0.4 is 31.3 Å². The smallest absolute Gasteiger partial charge is 0.251 e. The van der Waals surface area contributed by atoms with E-state index >= 15 is 0 Å². The molecule has 1 aromatic carbocycles. The van der Waals surface area contributed by atoms with Crippen LogP contribution in [0.5, 0.6) is 5.75 Å². The molecule has 0 bridgehead atoms. The Balaban J connectivity index is 1.07. The number of unbranched alkanes of at least 4 members (excludes halogenated alkanes) is 5. The molecule has 15 unspecified atom stereocenters. The Morgan fingerprint density at radius 3 is 1.34 bits per heavy atom. The first-order chi connectivity index (χ1) is 46.7. The lowest BCUT2D eigenvalue weighted by atomic mass is 9.93. The normalized spacial score (nSPS) is 39.9. The molecule has 0 aromatic heterocycles. The molecule has 36 heteroatoms. The number of carbonyl (C=O) groups excluding carboxylic acids is 5. The van der Waals surface area contributed by atoms with Crippen LogP contribution in [0.15, 0.2) is 36.4 Å². The number of carbonyl (C=O) groups is 5. The quantitative estimate of drug-likeness (QED) is 0.0243. The van der Waals surface area contributed by atoms with E-state index < -0.39 is 246 Å². The summed E-state index contributed by atoms with van der Waals surface area (Å²) in [6, 6.07) is -2.52. The zero-order valence-corrected chi connectivity index (χ0v) is 55.2. The molecule has 0 spiro atoms. The van der Waals surface area contributed by atoms with E-state index in [1.165, 1.54) is 31.9 Å². The number of aliphatic hydroxyl groups excluding tert-OH is 14. The van der Waals surface area contributed by atoms with Crippen molar-refractivity contribution in [3.63, 3.8) is 0 Å². The summed E-state index contributed by atoms with van der Waals surface area (Å²) in [7, 11) is 0. The molecular formula is C62H99N5O31. The zero-order chi connectivity index (χ0) is 71.8. The highest BCUT2D eigenvalue weighted by Crippen LogP contribution is 2.37. The van der Waals surface area contributed by atoms with Crippen molar-refractivity contribution >= 4 is 29.5 Å². The molecule has 0 saturated carbocycles. The molecule has 5 amide bonds. The van der Waals surface area contributed by atoms with Gasteiger partial charge in [0.2, 0.25) is 23.6 Å². The minimum absolute atomic E-state index is 0.0454. The van der Waals surface area contributed by atoms with Gasteiger partial charge in [-0.2, -0.15) is 0 Å². The predicted molar refractivity (Wildman–Crippen MR) is 328 cm³/mol. The van der Waals surface area contributed by atoms with Crippen LogP contribution in [0, 0.1) is 0 Å². The molecule has 36 nitrogen and oxygen atoms in total. The van der Waals surface area contributed by atoms with Crippen molar-refractivity contribution in [3.05, 3.63) is 42.0 Å². The van der Waals surface area contributed by atoms with Crippen molar-refractivity contribution < 1.29 is 152 Å². The summed E-state index contributed by atoms with van der Waals surface area (Å²) in [6.07, 6.45) is -33.6. The number of aliphatic hydroxyl groups is 14. The Morgan fingerprint density at radius 2 is 0.878 bits per heavy atom. The molecule has 558 valence electrons. The average Bonchev–Trinajstić information content (AvgIpc) is 0.772. The number of allylic oxidation sites excluding steroid dienone is 2. The summed E-state index contributed by atoms with van der Waals surface area (Å²) >= 11 is 0. The lowest BCUT2D eigenvalue weighted by Gasteiger charge is -2.51. The van der Waals surface area contributed by atoms with Gasteiger partial charge in [0.1, 0.15) is 146 Å². The first kappa shape index (κ1) is 80.4. The van der Waals surface area contributed by atoms with Gasteiger partial charge in [-0.1, -0.05) is 44.4 Å². The van der Waals surface area contributed by atoms with E-state index in [2.05, 4.69) is 45.7 Å². The molecule has 6 aliphatic rings. The molecule has 6 fully saturated rings. The van der Waals surface area contributed by atoms with Crippen molar-refractivity contribution in [2.75, 3.05) is 39.6 Å². The Hall–Kier alpha value is -4.89. The van der Waals surface area contributed by atoms with Crippen LogP contribution in [0.4, 0.5) is 0 Å². The Kier molecular flexibility index (Phi) is 31.1. The Labute approximate surface area is 564 Å². The lowest BCUT2D eigenvalue weighted by Crippen LogP contribution is -2.72. The third kappa shape index (κ3) is 20.5. The summed E-state index contributed by atoms with van der Waals surface area (Å²) in [5.41, 5.74) is 0.0454. The van der Waals surface area contributed by atoms with Gasteiger partial charge in [0, 0.05) is 33.3 Å². The van der Waals surface area contributed by atoms with Gasteiger partial charge in [-0.15, -0.1) is 0 Å². The topological polar surface area (TPSA) is 539 Å². The van der Waals surface area contributed by atoms with Crippen LogP contribution in [-0.4, -0.2) is 325 Å². The molecule has 0 aliphatic carbocycles. The fourth-order valence-electron chi connectivity index (χ4n) is 12.4. The molecule has 6 saturated heterocycles. The third-order valence-electron chi connectivity index (χ3n) is 17.6. The highest BCUT2D eigenvalue weighted by atomic mass is 16.8. The number of rotatable bonds is 31. The number of benzene rings is 1. The van der Waals surface area contributed by atoms with Crippen LogP contribution in [0.1, 0.15) is 96.8 Å². The van der Waals surface area contributed by atoms with E-state index in [9.17, 15) is 95.5 Å². The van der Waals surface area contributed by atoms with Crippen LogP contribution >= 0.6 is 0 Å². The molecule has 30 atom stereocenters. The van der Waals surface area contributed by atoms with Crippen LogP contribution in [0.25, 0.3) is 0 Å². The summed E-state index contributed by atoms with van der Waals surface area (Å²) < 4.78 is 71.9. The summed E-state index contributed by atoms with van der Waals surface area (Å²) in [5.74, 6) is -3.72. The summed E-state index contributed by atoms with van der Waals surface area (Å²) in [5, 5.41) is 168. The molecular weight excluding hydrogens is 1310 g/mol. The zero-order valence-electron chi connectivity index (χ0n) is 55.2. The number of hydrogen-bond acceptors (Lipinski definition) is 31. The third-order valence-corrected chi connectivity index (χ3v) is 17.6. The van der Waals surface area contributed by atoms with Gasteiger partial charge in [-0.25, -0.2) is 0 Å². The highest BCUT2D eigenvalue weighted by Gasteiger charge is 2.58. The van der Waals surface area contributed by atoms with E-state index in [0.717, 1.165) is 53.4 Å². The first-order valence-corrected chi connectivity index (χ1v) is 32.8. The van der Waals surface area contributed by atoms with Gasteiger partial charge >= 0.3 is 0 Å². The molecule has 19 N–H and O–H groups in total. The lowest BCUT2D eigenvalue weighted by molar-refractivity contribution is -0.368. The maximum Gasteiger partial charge on any atom is 0.251 e. The van der Waals surface area contributed by atoms with E-state index in [1.807, 2.05) is 0 Å². The van der Waals surface area contributed by atoms with E-state index in [4.69, 9.17) is 56.8 Å². The van der Waals surface area contributed by atoms with Crippen molar-refractivity contribution in [1.82, 2.24) is 26.6 Å². The van der Waals surface area contributed by atoms with Crippen molar-refractivity contribution in [1.29, 1.82) is 0 Å². The molecule has 0 radical (unpaired) electrons. The maximum absolute atomic E-state index is 13.9. The molecule has 6 heterocycles. The minimum Gasteiger partial charge on any atom is -0.494 e. The summed E-state index contributed by atoms with van der Waals surface area (Å²) in [6.45, 7) is 3.29. The fraction of sp³-hybridized carbons (Fsp3) is 0.790. The number of amides is 5. The van der Waals surface area contributed by atoms with Gasteiger partial charge in [0.15, 0.2) is 37.7 Å². The molecule has 6 aliphatic heterocycles. The van der Waals surface area contributed by atoms with E-state index in [1.54, 1.807) is 12.1 Å². The SMILES string of the molecule is CCCCCC/C=C\CCCOc1cccc(C(=O)N[C@@H]2C(O[C@@H]3C(CO)O[C@@H](OC4C(CO)O[C@@H](O[C@@H]5C(CO)OC(OC6C(CO[C@@H]7OC(C)[C@@H](O)[C@@H](O)C7O)O[C@@H](O)[C@@H](NC(C)=O)[C@H]6O)C(NC(C)=O)C5O)[C@@H](NC(C)=O)[C@H]4O)C(NC(C)=O)C3O)OC(CO)[C@@H](O)[C@@H]2O)c1. The van der Waals surface area contributed by atoms with Crippen molar-refractivity contribution in [2.45, 2.75) is 270 Å². The van der Waals surface area contributed by atoms with Crippen LogP contribution in [0.3, 0.4) is 0 Å². The fourth-order valence-corrected chi connectivity index (χ4v) is 12.4. The Morgan fingerprint density at radius 1 is 0.449 bits per heavy atom. The molecule has 98 heavy (non-hydrogen) atoms. The Bertz CT molecular complexity index is 2710. The van der Waals surface area contributed by atoms with Gasteiger partial charge < -0.3 is 155 Å². The minimum atomic E-state index is -2.07. The monoisotopic (exact) mass is 1410 g/mol. The highest BCUT2D eigenvalue weighted by molar-refractivity contribution is 5.94. The number of hydrogen-bond donors (Lipinski definition) is 19. The van der Waals surface area contributed by atoms with Crippen molar-refractivity contribution in [2.24, 2.45) is 0 Å². The summed E-state index contributed by atoms with van der Waals surface area (Å²) in [4.78, 5) is 65.0. The largest absolute Gasteiger partial charge is 0.494 e. The van der Waals surface area contributed by atoms with Gasteiger partial charge in [0.05, 0.1) is 45.7 Å². The first-order valence-electron chi connectivity index (χ1n) is 32.8. The number of nitrogens with one attached hydrogen (secondary N) is 5. The van der Waals surface area contributed by atoms with E-state index in [0.29, 0.717) is 18.8 Å². The second kappa shape index (κ2) is 37.9. The van der Waals surface area contributed by atoms with Crippen molar-refractivity contribution in [3.8, 4) is 5.75 Å². The standard InChI is InChI=1S/C62H99N5O31/c1-7-8-9-10-11-12-13-14-15-19-87-32-18-16-17-31(20-32)56(85)67-39-45(78)44(77)33(21-68)91-58(39)95-52-34(22-69)92-59(40(47(52)80)64-28(4)73)96-53-35(23-70)93-60(41(48(53)81)65-29(5)74)97-54-36(24-71)94-61(42(49(54)82)66-30(6)75)98-55-37(90-57(86)38(46(55)79)63-27(3)72)25-88-62-51(84)50(83)43(76)26(2)89-62/h12-13,16-18,20,26,33-55,57-62,68-71,76-84,86H,7-11,14-15,19,21-25H2,1-6H3,(H,63,72)(H,64,73)(H,65,74)(H,66,75)(H,67,85)/b13-12-/t26?,33?,34?,35?,36?,37?,38-,39-,40?,41-,42?,43+,44+,45+,46+,47?,48+,49?,50+,51?,52+,53?,54+,55?,57+,58?,59-,60-,61?,62+/m0/s1. The second-order valence-electron chi connectivity index (χ2n) is 25.1. The average molecular weight is 1410 g/mol. The van der Waals surface area contributed by atoms with Gasteiger partial charge in [-0.3, -0.25) is 24.0 Å². The van der Waals surface area contributed by atoms with Gasteiger partial charge in [-0.05, 0) is 50.8 Å².